The summed E-state index contributed by atoms with van der Waals surface area (Å²) in [5.74, 6) is -0.548. The molecule has 0 N–H and O–H groups in total. The van der Waals surface area contributed by atoms with Crippen LogP contribution in [0.2, 0.25) is 0 Å². The van der Waals surface area contributed by atoms with Crippen molar-refractivity contribution in [1.29, 1.82) is 0 Å². The molecule has 1 aromatic carbocycles. The summed E-state index contributed by atoms with van der Waals surface area (Å²) in [6.45, 7) is 1.91. The molecule has 1 atom stereocenters. The summed E-state index contributed by atoms with van der Waals surface area (Å²) in [7, 11) is 0. The lowest BCUT2D eigenvalue weighted by Crippen LogP contribution is -2.10. The largest absolute Gasteiger partial charge is 0.462 e. The Bertz CT molecular complexity index is 339. The van der Waals surface area contributed by atoms with Crippen molar-refractivity contribution in [3.63, 3.8) is 0 Å². The summed E-state index contributed by atoms with van der Waals surface area (Å²) in [6, 6.07) is 8.61. The molecule has 0 bridgehead atoms. The lowest BCUT2D eigenvalue weighted by atomic mass is 10.1. The van der Waals surface area contributed by atoms with Gasteiger partial charge in [0.1, 0.15) is 0 Å². The Labute approximate surface area is 99.6 Å². The SMILES string of the molecule is CC(CCOC(=O)c1ccccc1)CC(F)F. The van der Waals surface area contributed by atoms with Gasteiger partial charge in [0.25, 0.3) is 0 Å². The molecule has 94 valence electrons. The number of ether oxygens (including phenoxy) is 1. The number of hydrogen-bond donors (Lipinski definition) is 0. The molecule has 1 rings (SSSR count). The maximum absolute atomic E-state index is 12.0. The first-order valence-electron chi connectivity index (χ1n) is 5.60. The van der Waals surface area contributed by atoms with Crippen LogP contribution in [0.15, 0.2) is 30.3 Å². The summed E-state index contributed by atoms with van der Waals surface area (Å²) in [5, 5.41) is 0. The van der Waals surface area contributed by atoms with Gasteiger partial charge >= 0.3 is 5.97 Å². The molecule has 0 fully saturated rings. The van der Waals surface area contributed by atoms with Crippen molar-refractivity contribution in [2.24, 2.45) is 5.92 Å². The third-order valence-electron chi connectivity index (χ3n) is 2.43. The van der Waals surface area contributed by atoms with Gasteiger partial charge in [0.15, 0.2) is 0 Å². The summed E-state index contributed by atoms with van der Waals surface area (Å²) in [5.41, 5.74) is 0.481. The second-order valence-electron chi connectivity index (χ2n) is 4.02. The van der Waals surface area contributed by atoms with E-state index < -0.39 is 12.4 Å². The molecule has 0 saturated heterocycles. The molecule has 0 aliphatic carbocycles. The zero-order valence-corrected chi connectivity index (χ0v) is 9.74. The zero-order chi connectivity index (χ0) is 12.7. The van der Waals surface area contributed by atoms with Crippen molar-refractivity contribution in [2.75, 3.05) is 6.61 Å². The average Bonchev–Trinajstić information content (AvgIpc) is 2.29. The lowest BCUT2D eigenvalue weighted by Gasteiger charge is -2.10. The Balaban J connectivity index is 2.25. The van der Waals surface area contributed by atoms with Gasteiger partial charge in [-0.15, -0.1) is 0 Å². The molecule has 0 aliphatic heterocycles. The Kier molecular flexibility index (Phi) is 5.60. The van der Waals surface area contributed by atoms with Crippen LogP contribution in [0.3, 0.4) is 0 Å². The fourth-order valence-electron chi connectivity index (χ4n) is 1.43. The minimum absolute atomic E-state index is 0.140. The van der Waals surface area contributed by atoms with Crippen LogP contribution in [0.25, 0.3) is 0 Å². The summed E-state index contributed by atoms with van der Waals surface area (Å²) >= 11 is 0. The molecule has 2 nitrogen and oxygen atoms in total. The van der Waals surface area contributed by atoms with E-state index >= 15 is 0 Å². The van der Waals surface area contributed by atoms with Crippen molar-refractivity contribution in [1.82, 2.24) is 0 Å². The van der Waals surface area contributed by atoms with Gasteiger partial charge in [0.05, 0.1) is 12.2 Å². The Hall–Kier alpha value is -1.45. The molecular weight excluding hydrogens is 226 g/mol. The first-order valence-corrected chi connectivity index (χ1v) is 5.60. The van der Waals surface area contributed by atoms with E-state index in [4.69, 9.17) is 4.74 Å². The number of hydrogen-bond acceptors (Lipinski definition) is 2. The van der Waals surface area contributed by atoms with Crippen LogP contribution in [0.4, 0.5) is 8.78 Å². The Morgan fingerprint density at radius 1 is 1.29 bits per heavy atom. The molecule has 17 heavy (non-hydrogen) atoms. The van der Waals surface area contributed by atoms with E-state index in [1.807, 2.05) is 6.07 Å². The number of benzene rings is 1. The van der Waals surface area contributed by atoms with Gasteiger partial charge in [-0.3, -0.25) is 0 Å². The van der Waals surface area contributed by atoms with Gasteiger partial charge in [-0.1, -0.05) is 25.1 Å². The van der Waals surface area contributed by atoms with Gasteiger partial charge in [-0.05, 0) is 24.5 Å². The summed E-state index contributed by atoms with van der Waals surface area (Å²) < 4.78 is 29.1. The molecule has 0 saturated carbocycles. The molecule has 0 aromatic heterocycles. The second-order valence-corrected chi connectivity index (χ2v) is 4.02. The van der Waals surface area contributed by atoms with Gasteiger partial charge in [-0.25, -0.2) is 13.6 Å². The van der Waals surface area contributed by atoms with Crippen molar-refractivity contribution < 1.29 is 18.3 Å². The molecule has 1 aromatic rings. The van der Waals surface area contributed by atoms with E-state index in [0.717, 1.165) is 0 Å². The second kappa shape index (κ2) is 6.99. The number of halogens is 2. The topological polar surface area (TPSA) is 26.3 Å². The lowest BCUT2D eigenvalue weighted by molar-refractivity contribution is 0.0465. The first-order chi connectivity index (χ1) is 8.09. The van der Waals surface area contributed by atoms with E-state index in [1.165, 1.54) is 0 Å². The molecule has 0 amide bonds. The number of rotatable bonds is 6. The van der Waals surface area contributed by atoms with Crippen LogP contribution in [-0.4, -0.2) is 19.0 Å². The predicted molar refractivity (Wildman–Crippen MR) is 61.1 cm³/mol. The molecule has 1 unspecified atom stereocenters. The van der Waals surface area contributed by atoms with E-state index in [1.54, 1.807) is 31.2 Å². The Morgan fingerprint density at radius 3 is 2.53 bits per heavy atom. The van der Waals surface area contributed by atoms with E-state index in [2.05, 4.69) is 0 Å². The van der Waals surface area contributed by atoms with Crippen molar-refractivity contribution in [2.45, 2.75) is 26.2 Å². The van der Waals surface area contributed by atoms with Crippen molar-refractivity contribution >= 4 is 5.97 Å². The van der Waals surface area contributed by atoms with Gasteiger partial charge < -0.3 is 4.74 Å². The van der Waals surface area contributed by atoms with Crippen LogP contribution in [-0.2, 0) is 4.74 Å². The monoisotopic (exact) mass is 242 g/mol. The molecular formula is C13H16F2O2. The molecule has 0 aliphatic rings. The summed E-state index contributed by atoms with van der Waals surface area (Å²) in [4.78, 5) is 11.5. The average molecular weight is 242 g/mol. The maximum Gasteiger partial charge on any atom is 0.338 e. The highest BCUT2D eigenvalue weighted by Gasteiger charge is 2.11. The van der Waals surface area contributed by atoms with Gasteiger partial charge in [0, 0.05) is 6.42 Å². The molecule has 0 spiro atoms. The third-order valence-corrected chi connectivity index (χ3v) is 2.43. The van der Waals surface area contributed by atoms with Gasteiger partial charge in [0.2, 0.25) is 6.43 Å². The minimum atomic E-state index is -2.30. The van der Waals surface area contributed by atoms with E-state index in [0.29, 0.717) is 12.0 Å². The Morgan fingerprint density at radius 2 is 1.94 bits per heavy atom. The number of carbonyl (C=O) groups is 1. The van der Waals surface area contributed by atoms with Crippen LogP contribution in [0, 0.1) is 5.92 Å². The molecule has 0 radical (unpaired) electrons. The van der Waals surface area contributed by atoms with Gasteiger partial charge in [-0.2, -0.15) is 0 Å². The highest BCUT2D eigenvalue weighted by Crippen LogP contribution is 2.14. The van der Waals surface area contributed by atoms with Crippen LogP contribution >= 0.6 is 0 Å². The predicted octanol–water partition coefficient (Wildman–Crippen LogP) is 3.52. The van der Waals surface area contributed by atoms with Crippen LogP contribution in [0.5, 0.6) is 0 Å². The highest BCUT2D eigenvalue weighted by atomic mass is 19.3. The number of esters is 1. The fraction of sp³-hybridized carbons (Fsp3) is 0.462. The number of carbonyl (C=O) groups excluding carboxylic acids is 1. The maximum atomic E-state index is 12.0. The number of alkyl halides is 2. The van der Waals surface area contributed by atoms with E-state index in [9.17, 15) is 13.6 Å². The van der Waals surface area contributed by atoms with E-state index in [-0.39, 0.29) is 18.9 Å². The molecule has 0 heterocycles. The third kappa shape index (κ3) is 5.43. The standard InChI is InChI=1S/C13H16F2O2/c1-10(9-12(14)15)7-8-17-13(16)11-5-3-2-4-6-11/h2-6,10,12H,7-9H2,1H3. The minimum Gasteiger partial charge on any atom is -0.462 e. The summed E-state index contributed by atoms with van der Waals surface area (Å²) in [6.07, 6.45) is -1.99. The smallest absolute Gasteiger partial charge is 0.338 e. The fourth-order valence-corrected chi connectivity index (χ4v) is 1.43. The first kappa shape index (κ1) is 13.6. The normalized spacial score (nSPS) is 12.5. The van der Waals surface area contributed by atoms with Crippen LogP contribution < -0.4 is 0 Å². The molecule has 4 heteroatoms. The van der Waals surface area contributed by atoms with Crippen molar-refractivity contribution in [3.05, 3.63) is 35.9 Å². The quantitative estimate of drug-likeness (QED) is 0.713. The highest BCUT2D eigenvalue weighted by molar-refractivity contribution is 5.89. The zero-order valence-electron chi connectivity index (χ0n) is 9.74. The van der Waals surface area contributed by atoms with Crippen LogP contribution in [0.1, 0.15) is 30.1 Å². The van der Waals surface area contributed by atoms with Crippen molar-refractivity contribution in [3.8, 4) is 0 Å².